The van der Waals surface area contributed by atoms with Crippen molar-refractivity contribution in [3.05, 3.63) is 36.2 Å². The molecular weight excluding hydrogens is 232 g/mol. The minimum Gasteiger partial charge on any atom is -0.497 e. The van der Waals surface area contributed by atoms with Crippen LogP contribution in [0.3, 0.4) is 0 Å². The number of aliphatic carboxylic acids is 1. The van der Waals surface area contributed by atoms with Crippen LogP contribution >= 0.6 is 0 Å². The topological polar surface area (TPSA) is 64.3 Å². The van der Waals surface area contributed by atoms with Crippen LogP contribution < -0.4 is 4.74 Å². The molecule has 0 amide bonds. The molecule has 0 radical (unpaired) electrons. The van der Waals surface area contributed by atoms with Crippen molar-refractivity contribution in [2.75, 3.05) is 7.11 Å². The first-order valence-corrected chi connectivity index (χ1v) is 5.50. The van der Waals surface area contributed by atoms with Gasteiger partial charge in [0.25, 0.3) is 0 Å². The molecule has 94 valence electrons. The first kappa shape index (κ1) is 12.2. The van der Waals surface area contributed by atoms with Gasteiger partial charge in [-0.15, -0.1) is 0 Å². The predicted octanol–water partition coefficient (Wildman–Crippen LogP) is 1.95. The van der Waals surface area contributed by atoms with Crippen LogP contribution in [0, 0.1) is 6.92 Å². The highest BCUT2D eigenvalue weighted by atomic mass is 16.5. The molecule has 0 saturated carbocycles. The molecule has 2 rings (SSSR count). The van der Waals surface area contributed by atoms with Crippen LogP contribution in [-0.4, -0.2) is 28.0 Å². The number of aryl methyl sites for hydroxylation is 1. The first-order chi connectivity index (χ1) is 8.60. The van der Waals surface area contributed by atoms with Crippen molar-refractivity contribution in [2.24, 2.45) is 0 Å². The highest BCUT2D eigenvalue weighted by molar-refractivity contribution is 5.69. The van der Waals surface area contributed by atoms with E-state index in [0.29, 0.717) is 0 Å². The van der Waals surface area contributed by atoms with Gasteiger partial charge in [0.05, 0.1) is 12.8 Å². The maximum atomic E-state index is 10.6. The zero-order valence-electron chi connectivity index (χ0n) is 10.3. The average Bonchev–Trinajstić information content (AvgIpc) is 2.69. The van der Waals surface area contributed by atoms with Gasteiger partial charge in [0.1, 0.15) is 12.3 Å². The molecule has 0 aliphatic carbocycles. The molecule has 1 aromatic heterocycles. The van der Waals surface area contributed by atoms with Crippen molar-refractivity contribution in [1.29, 1.82) is 0 Å². The van der Waals surface area contributed by atoms with E-state index < -0.39 is 5.97 Å². The Kier molecular flexibility index (Phi) is 3.32. The van der Waals surface area contributed by atoms with Gasteiger partial charge < -0.3 is 9.84 Å². The monoisotopic (exact) mass is 246 g/mol. The first-order valence-electron chi connectivity index (χ1n) is 5.50. The van der Waals surface area contributed by atoms with Crippen molar-refractivity contribution >= 4 is 5.97 Å². The van der Waals surface area contributed by atoms with E-state index in [-0.39, 0.29) is 6.54 Å². The highest BCUT2D eigenvalue weighted by Crippen LogP contribution is 2.25. The van der Waals surface area contributed by atoms with Crippen molar-refractivity contribution in [2.45, 2.75) is 13.5 Å². The van der Waals surface area contributed by atoms with Crippen molar-refractivity contribution in [1.82, 2.24) is 9.78 Å². The number of carbonyl (C=O) groups is 1. The summed E-state index contributed by atoms with van der Waals surface area (Å²) in [4.78, 5) is 10.6. The molecule has 0 saturated heterocycles. The fraction of sp³-hybridized carbons (Fsp3) is 0.231. The molecule has 5 heteroatoms. The maximum Gasteiger partial charge on any atom is 0.325 e. The van der Waals surface area contributed by atoms with Crippen LogP contribution in [0.15, 0.2) is 30.5 Å². The molecule has 1 aromatic carbocycles. The lowest BCUT2D eigenvalue weighted by Crippen LogP contribution is -2.08. The normalized spacial score (nSPS) is 10.3. The third kappa shape index (κ3) is 2.51. The van der Waals surface area contributed by atoms with Gasteiger partial charge in [-0.2, -0.15) is 5.10 Å². The lowest BCUT2D eigenvalue weighted by atomic mass is 10.1. The van der Waals surface area contributed by atoms with Gasteiger partial charge in [-0.25, -0.2) is 0 Å². The fourth-order valence-corrected chi connectivity index (χ4v) is 1.81. The molecule has 0 aliphatic rings. The minimum atomic E-state index is -0.908. The largest absolute Gasteiger partial charge is 0.497 e. The number of benzene rings is 1. The second-order valence-electron chi connectivity index (χ2n) is 3.95. The molecule has 1 N–H and O–H groups in total. The van der Waals surface area contributed by atoms with Gasteiger partial charge in [-0.1, -0.05) is 12.1 Å². The van der Waals surface area contributed by atoms with Gasteiger partial charge >= 0.3 is 5.97 Å². The Hall–Kier alpha value is -2.30. The van der Waals surface area contributed by atoms with Crippen molar-refractivity contribution < 1.29 is 14.6 Å². The number of carboxylic acid groups (broad SMARTS) is 1. The molecule has 18 heavy (non-hydrogen) atoms. The summed E-state index contributed by atoms with van der Waals surface area (Å²) in [5.74, 6) is -0.146. The third-order valence-electron chi connectivity index (χ3n) is 2.62. The van der Waals surface area contributed by atoms with Crippen molar-refractivity contribution in [3.63, 3.8) is 0 Å². The quantitative estimate of drug-likeness (QED) is 0.895. The Bertz CT molecular complexity index is 575. The summed E-state index contributed by atoms with van der Waals surface area (Å²) >= 11 is 0. The van der Waals surface area contributed by atoms with E-state index in [1.807, 2.05) is 31.2 Å². The SMILES string of the molecule is COc1cccc(-c2cn(CC(=O)O)nc2C)c1. The number of hydrogen-bond donors (Lipinski definition) is 1. The van der Waals surface area contributed by atoms with Gasteiger partial charge in [0.2, 0.25) is 0 Å². The number of carboxylic acids is 1. The van der Waals surface area contributed by atoms with Gasteiger partial charge in [-0.3, -0.25) is 9.48 Å². The second kappa shape index (κ2) is 4.91. The van der Waals surface area contributed by atoms with Crippen molar-refractivity contribution in [3.8, 4) is 16.9 Å². The summed E-state index contributed by atoms with van der Waals surface area (Å²) in [7, 11) is 1.61. The van der Waals surface area contributed by atoms with Crippen LogP contribution in [0.4, 0.5) is 0 Å². The molecule has 5 nitrogen and oxygen atoms in total. The molecule has 0 bridgehead atoms. The van der Waals surface area contributed by atoms with E-state index >= 15 is 0 Å². The maximum absolute atomic E-state index is 10.6. The molecule has 0 spiro atoms. The van der Waals surface area contributed by atoms with Crippen LogP contribution in [0.1, 0.15) is 5.69 Å². The fourth-order valence-electron chi connectivity index (χ4n) is 1.81. The molecule has 2 aromatic rings. The summed E-state index contributed by atoms with van der Waals surface area (Å²) in [5.41, 5.74) is 2.67. The van der Waals surface area contributed by atoms with E-state index in [0.717, 1.165) is 22.6 Å². The Morgan fingerprint density at radius 2 is 2.28 bits per heavy atom. The number of ether oxygens (including phenoxy) is 1. The van der Waals surface area contributed by atoms with Gasteiger partial charge in [0.15, 0.2) is 0 Å². The highest BCUT2D eigenvalue weighted by Gasteiger charge is 2.09. The molecule has 0 fully saturated rings. The van der Waals surface area contributed by atoms with Crippen LogP contribution in [0.25, 0.3) is 11.1 Å². The Morgan fingerprint density at radius 1 is 1.50 bits per heavy atom. The number of aromatic nitrogens is 2. The molecule has 1 heterocycles. The predicted molar refractivity (Wildman–Crippen MR) is 66.6 cm³/mol. The second-order valence-corrected chi connectivity index (χ2v) is 3.95. The Morgan fingerprint density at radius 3 is 2.94 bits per heavy atom. The standard InChI is InChI=1S/C13H14N2O3/c1-9-12(7-15(14-9)8-13(16)17)10-4-3-5-11(6-10)18-2/h3-7H,8H2,1-2H3,(H,16,17). The summed E-state index contributed by atoms with van der Waals surface area (Å²) in [6.45, 7) is 1.72. The van der Waals surface area contributed by atoms with Crippen LogP contribution in [-0.2, 0) is 11.3 Å². The molecule has 0 aliphatic heterocycles. The average molecular weight is 246 g/mol. The lowest BCUT2D eigenvalue weighted by molar-refractivity contribution is -0.137. The molecular formula is C13H14N2O3. The zero-order chi connectivity index (χ0) is 13.1. The third-order valence-corrected chi connectivity index (χ3v) is 2.62. The Balaban J connectivity index is 2.37. The summed E-state index contributed by atoms with van der Waals surface area (Å²) in [6, 6.07) is 7.59. The number of methoxy groups -OCH3 is 1. The van der Waals surface area contributed by atoms with Crippen LogP contribution in [0.2, 0.25) is 0 Å². The number of nitrogens with zero attached hydrogens (tertiary/aromatic N) is 2. The van der Waals surface area contributed by atoms with E-state index in [1.165, 1.54) is 4.68 Å². The van der Waals surface area contributed by atoms with E-state index in [4.69, 9.17) is 9.84 Å². The molecule has 0 unspecified atom stereocenters. The number of rotatable bonds is 4. The Labute approximate surface area is 105 Å². The van der Waals surface area contributed by atoms with Crippen LogP contribution in [0.5, 0.6) is 5.75 Å². The van der Waals surface area contributed by atoms with Gasteiger partial charge in [0, 0.05) is 11.8 Å². The molecule has 0 atom stereocenters. The van der Waals surface area contributed by atoms with E-state index in [2.05, 4.69) is 5.10 Å². The van der Waals surface area contributed by atoms with E-state index in [9.17, 15) is 4.79 Å². The number of hydrogen-bond acceptors (Lipinski definition) is 3. The minimum absolute atomic E-state index is 0.134. The lowest BCUT2D eigenvalue weighted by Gasteiger charge is -2.02. The van der Waals surface area contributed by atoms with Gasteiger partial charge in [-0.05, 0) is 24.6 Å². The van der Waals surface area contributed by atoms with E-state index in [1.54, 1.807) is 13.3 Å². The summed E-state index contributed by atoms with van der Waals surface area (Å²) in [6.07, 6.45) is 1.73. The zero-order valence-corrected chi connectivity index (χ0v) is 10.3. The summed E-state index contributed by atoms with van der Waals surface area (Å²) in [5, 5.41) is 12.9. The smallest absolute Gasteiger partial charge is 0.325 e. The summed E-state index contributed by atoms with van der Waals surface area (Å²) < 4.78 is 6.59.